The molecule has 0 aliphatic rings. The van der Waals surface area contributed by atoms with Gasteiger partial charge < -0.3 is 15.5 Å². The van der Waals surface area contributed by atoms with Gasteiger partial charge in [-0.05, 0) is 49.2 Å². The Morgan fingerprint density at radius 3 is 2.44 bits per heavy atom. The summed E-state index contributed by atoms with van der Waals surface area (Å²) in [7, 11) is 3.89. The number of hydrogen-bond donors (Lipinski definition) is 2. The maximum atomic E-state index is 13.5. The molecule has 0 saturated carbocycles. The molecular formula is C20H23F2N3O2. The normalized spacial score (nSPS) is 10.4. The van der Waals surface area contributed by atoms with Crippen molar-refractivity contribution in [1.82, 2.24) is 5.32 Å². The molecule has 27 heavy (non-hydrogen) atoms. The average molecular weight is 375 g/mol. The number of carbonyl (C=O) groups is 2. The Bertz CT molecular complexity index is 838. The molecule has 0 heterocycles. The summed E-state index contributed by atoms with van der Waals surface area (Å²) in [4.78, 5) is 25.9. The van der Waals surface area contributed by atoms with E-state index in [1.807, 2.05) is 44.1 Å². The third-order valence-electron chi connectivity index (χ3n) is 4.04. The number of halogens is 2. The van der Waals surface area contributed by atoms with Crippen LogP contribution in [0.3, 0.4) is 0 Å². The second-order valence-electron chi connectivity index (χ2n) is 6.43. The van der Waals surface area contributed by atoms with E-state index < -0.39 is 17.5 Å². The summed E-state index contributed by atoms with van der Waals surface area (Å²) in [5.41, 5.74) is 2.51. The van der Waals surface area contributed by atoms with E-state index in [-0.39, 0.29) is 24.4 Å². The van der Waals surface area contributed by atoms with Crippen LogP contribution in [0.25, 0.3) is 0 Å². The van der Waals surface area contributed by atoms with Crippen LogP contribution in [0.1, 0.15) is 28.8 Å². The van der Waals surface area contributed by atoms with Crippen molar-refractivity contribution in [2.75, 3.05) is 30.9 Å². The highest BCUT2D eigenvalue weighted by molar-refractivity contribution is 5.94. The fourth-order valence-electron chi connectivity index (χ4n) is 2.50. The summed E-state index contributed by atoms with van der Waals surface area (Å²) in [5.74, 6) is -2.46. The molecule has 0 aliphatic heterocycles. The van der Waals surface area contributed by atoms with Crippen molar-refractivity contribution in [1.29, 1.82) is 0 Å². The van der Waals surface area contributed by atoms with Gasteiger partial charge >= 0.3 is 0 Å². The molecule has 5 nitrogen and oxygen atoms in total. The van der Waals surface area contributed by atoms with Crippen molar-refractivity contribution in [2.24, 2.45) is 0 Å². The second kappa shape index (κ2) is 9.12. The first-order valence-electron chi connectivity index (χ1n) is 8.59. The fraction of sp³-hybridized carbons (Fsp3) is 0.300. The molecule has 0 spiro atoms. The molecule has 2 N–H and O–H groups in total. The minimum absolute atomic E-state index is 0.169. The summed E-state index contributed by atoms with van der Waals surface area (Å²) in [6.45, 7) is 2.13. The Kier molecular flexibility index (Phi) is 6.87. The maximum absolute atomic E-state index is 13.5. The van der Waals surface area contributed by atoms with Crippen molar-refractivity contribution in [3.05, 3.63) is 59.2 Å². The Labute approximate surface area is 157 Å². The number of nitrogens with zero attached hydrogens (tertiary/aromatic N) is 1. The lowest BCUT2D eigenvalue weighted by molar-refractivity contribution is -0.116. The van der Waals surface area contributed by atoms with Gasteiger partial charge in [0, 0.05) is 44.5 Å². The molecule has 144 valence electrons. The van der Waals surface area contributed by atoms with Crippen LogP contribution in [0, 0.1) is 18.6 Å². The number of rotatable bonds is 7. The van der Waals surface area contributed by atoms with E-state index in [1.165, 1.54) is 0 Å². The Hall–Kier alpha value is -2.96. The van der Waals surface area contributed by atoms with E-state index in [1.54, 1.807) is 0 Å². The largest absolute Gasteiger partial charge is 0.378 e. The van der Waals surface area contributed by atoms with Crippen LogP contribution in [0.4, 0.5) is 20.2 Å². The van der Waals surface area contributed by atoms with Gasteiger partial charge in [0.2, 0.25) is 5.91 Å². The molecule has 0 unspecified atom stereocenters. The van der Waals surface area contributed by atoms with Crippen molar-refractivity contribution in [3.63, 3.8) is 0 Å². The zero-order chi connectivity index (χ0) is 20.0. The van der Waals surface area contributed by atoms with E-state index in [4.69, 9.17) is 0 Å². The number of benzene rings is 2. The molecule has 0 atom stereocenters. The fourth-order valence-corrected chi connectivity index (χ4v) is 2.50. The number of amides is 2. The molecule has 0 bridgehead atoms. The van der Waals surface area contributed by atoms with Crippen molar-refractivity contribution < 1.29 is 18.4 Å². The zero-order valence-corrected chi connectivity index (χ0v) is 15.6. The van der Waals surface area contributed by atoms with E-state index in [9.17, 15) is 18.4 Å². The minimum atomic E-state index is -0.915. The number of carbonyl (C=O) groups excluding carboxylic acids is 2. The lowest BCUT2D eigenvalue weighted by atomic mass is 10.1. The monoisotopic (exact) mass is 375 g/mol. The summed E-state index contributed by atoms with van der Waals surface area (Å²) in [5, 5.41) is 5.36. The maximum Gasteiger partial charge on any atom is 0.254 e. The van der Waals surface area contributed by atoms with Crippen molar-refractivity contribution >= 4 is 23.2 Å². The van der Waals surface area contributed by atoms with Crippen LogP contribution in [0.15, 0.2) is 36.4 Å². The van der Waals surface area contributed by atoms with Crippen LogP contribution < -0.4 is 15.5 Å². The highest BCUT2D eigenvalue weighted by Crippen LogP contribution is 2.21. The van der Waals surface area contributed by atoms with Gasteiger partial charge in [0.05, 0.1) is 5.56 Å². The van der Waals surface area contributed by atoms with Crippen LogP contribution >= 0.6 is 0 Å². The van der Waals surface area contributed by atoms with Crippen LogP contribution in [0.2, 0.25) is 0 Å². The van der Waals surface area contributed by atoms with Crippen LogP contribution in [-0.4, -0.2) is 32.5 Å². The predicted molar refractivity (Wildman–Crippen MR) is 102 cm³/mol. The summed E-state index contributed by atoms with van der Waals surface area (Å²) >= 11 is 0. The molecule has 2 aromatic carbocycles. The number of aryl methyl sites for hydroxylation is 1. The quantitative estimate of drug-likeness (QED) is 0.729. The SMILES string of the molecule is Cc1cc(N(C)C)ccc1NC(=O)CCCNC(=O)c1ccc(F)cc1F. The third kappa shape index (κ3) is 5.77. The Balaban J connectivity index is 1.78. The molecule has 0 aromatic heterocycles. The van der Waals surface area contributed by atoms with Gasteiger partial charge in [-0.2, -0.15) is 0 Å². The highest BCUT2D eigenvalue weighted by atomic mass is 19.1. The van der Waals surface area contributed by atoms with E-state index in [0.717, 1.165) is 29.1 Å². The first-order chi connectivity index (χ1) is 12.8. The van der Waals surface area contributed by atoms with E-state index in [2.05, 4.69) is 10.6 Å². The molecule has 0 aliphatic carbocycles. The third-order valence-corrected chi connectivity index (χ3v) is 4.04. The molecule has 2 aromatic rings. The molecule has 0 fully saturated rings. The minimum Gasteiger partial charge on any atom is -0.378 e. The highest BCUT2D eigenvalue weighted by Gasteiger charge is 2.12. The van der Waals surface area contributed by atoms with Gasteiger partial charge in [-0.3, -0.25) is 9.59 Å². The summed E-state index contributed by atoms with van der Waals surface area (Å²) < 4.78 is 26.4. The molecular weight excluding hydrogens is 352 g/mol. The van der Waals surface area contributed by atoms with Crippen LogP contribution in [0.5, 0.6) is 0 Å². The Morgan fingerprint density at radius 1 is 1.07 bits per heavy atom. The predicted octanol–water partition coefficient (Wildman–Crippen LogP) is 3.49. The van der Waals surface area contributed by atoms with Gasteiger partial charge in [-0.25, -0.2) is 8.78 Å². The number of anilines is 2. The molecule has 0 saturated heterocycles. The topological polar surface area (TPSA) is 61.4 Å². The zero-order valence-electron chi connectivity index (χ0n) is 15.6. The molecule has 2 rings (SSSR count). The molecule has 2 amide bonds. The van der Waals surface area contributed by atoms with Gasteiger partial charge in [-0.1, -0.05) is 0 Å². The standard InChI is InChI=1S/C20H23F2N3O2/c1-13-11-15(25(2)3)7-9-18(13)24-19(26)5-4-10-23-20(27)16-8-6-14(21)12-17(16)22/h6-9,11-12H,4-5,10H2,1-3H3,(H,23,27)(H,24,26). The Morgan fingerprint density at radius 2 is 1.81 bits per heavy atom. The summed E-state index contributed by atoms with van der Waals surface area (Å²) in [6.07, 6.45) is 0.607. The van der Waals surface area contributed by atoms with Gasteiger partial charge in [0.1, 0.15) is 11.6 Å². The average Bonchev–Trinajstić information content (AvgIpc) is 2.60. The van der Waals surface area contributed by atoms with Crippen molar-refractivity contribution in [2.45, 2.75) is 19.8 Å². The number of hydrogen-bond acceptors (Lipinski definition) is 3. The first kappa shape index (κ1) is 20.4. The smallest absolute Gasteiger partial charge is 0.254 e. The van der Waals surface area contributed by atoms with Crippen molar-refractivity contribution in [3.8, 4) is 0 Å². The van der Waals surface area contributed by atoms with E-state index >= 15 is 0 Å². The number of nitrogens with one attached hydrogen (secondary N) is 2. The molecule has 0 radical (unpaired) electrons. The summed E-state index contributed by atoms with van der Waals surface area (Å²) in [6, 6.07) is 8.52. The van der Waals surface area contributed by atoms with Gasteiger partial charge in [0.25, 0.3) is 5.91 Å². The lowest BCUT2D eigenvalue weighted by Gasteiger charge is -2.15. The van der Waals surface area contributed by atoms with E-state index in [0.29, 0.717) is 12.5 Å². The second-order valence-corrected chi connectivity index (χ2v) is 6.43. The van der Waals surface area contributed by atoms with Gasteiger partial charge in [-0.15, -0.1) is 0 Å². The molecule has 7 heteroatoms. The van der Waals surface area contributed by atoms with Crippen LogP contribution in [-0.2, 0) is 4.79 Å². The lowest BCUT2D eigenvalue weighted by Crippen LogP contribution is -2.26. The van der Waals surface area contributed by atoms with Gasteiger partial charge in [0.15, 0.2) is 0 Å². The first-order valence-corrected chi connectivity index (χ1v) is 8.59.